The maximum Gasteiger partial charge on any atom is 0.179 e. The first-order valence-corrected chi connectivity index (χ1v) is 5.22. The fourth-order valence-electron chi connectivity index (χ4n) is 1.41. The summed E-state index contributed by atoms with van der Waals surface area (Å²) in [5.74, 6) is -0.770. The molecule has 0 aliphatic rings. The quantitative estimate of drug-likeness (QED) is 0.764. The third-order valence-electron chi connectivity index (χ3n) is 2.41. The molecule has 94 valence electrons. The van der Waals surface area contributed by atoms with Crippen LogP contribution in [0, 0.1) is 5.82 Å². The lowest BCUT2D eigenvalue weighted by molar-refractivity contribution is 0.0935. The zero-order valence-electron chi connectivity index (χ0n) is 9.90. The molecular weight excluding hydrogens is 225 g/mol. The molecule has 1 rings (SSSR count). The lowest BCUT2D eigenvalue weighted by atomic mass is 10.0. The van der Waals surface area contributed by atoms with E-state index in [1.807, 2.05) is 0 Å². The third-order valence-corrected chi connectivity index (χ3v) is 2.41. The van der Waals surface area contributed by atoms with Gasteiger partial charge >= 0.3 is 0 Å². The molecule has 1 aromatic carbocycles. The van der Waals surface area contributed by atoms with Crippen molar-refractivity contribution in [1.82, 2.24) is 0 Å². The maximum atomic E-state index is 13.4. The van der Waals surface area contributed by atoms with E-state index in [1.54, 1.807) is 0 Å². The predicted molar refractivity (Wildman–Crippen MR) is 61.8 cm³/mol. The molecule has 0 saturated carbocycles. The van der Waals surface area contributed by atoms with Gasteiger partial charge in [0.2, 0.25) is 0 Å². The van der Waals surface area contributed by atoms with Crippen molar-refractivity contribution in [3.05, 3.63) is 29.6 Å². The highest BCUT2D eigenvalue weighted by Gasteiger charge is 2.17. The lowest BCUT2D eigenvalue weighted by Gasteiger charge is -2.10. The van der Waals surface area contributed by atoms with E-state index in [0.29, 0.717) is 13.0 Å². The van der Waals surface area contributed by atoms with Crippen molar-refractivity contribution in [3.63, 3.8) is 0 Å². The van der Waals surface area contributed by atoms with Gasteiger partial charge in [0.1, 0.15) is 0 Å². The van der Waals surface area contributed by atoms with Gasteiger partial charge in [-0.15, -0.1) is 0 Å². The largest absolute Gasteiger partial charge is 0.494 e. The van der Waals surface area contributed by atoms with Crippen LogP contribution in [0.4, 0.5) is 4.39 Å². The highest BCUT2D eigenvalue weighted by atomic mass is 19.1. The van der Waals surface area contributed by atoms with Gasteiger partial charge in [-0.3, -0.25) is 4.79 Å². The van der Waals surface area contributed by atoms with Gasteiger partial charge in [0, 0.05) is 19.3 Å². The van der Waals surface area contributed by atoms with Crippen LogP contribution in [-0.4, -0.2) is 32.7 Å². The number of hydrogen-bond acceptors (Lipinski definition) is 4. The van der Waals surface area contributed by atoms with Crippen molar-refractivity contribution in [2.45, 2.75) is 12.5 Å². The van der Waals surface area contributed by atoms with E-state index in [1.165, 1.54) is 26.4 Å². The van der Waals surface area contributed by atoms with E-state index in [9.17, 15) is 9.18 Å². The normalized spacial score (nSPS) is 12.2. The summed E-state index contributed by atoms with van der Waals surface area (Å²) in [7, 11) is 2.90. The second kappa shape index (κ2) is 6.32. The molecule has 2 N–H and O–H groups in total. The summed E-state index contributed by atoms with van der Waals surface area (Å²) >= 11 is 0. The van der Waals surface area contributed by atoms with Crippen LogP contribution < -0.4 is 10.5 Å². The van der Waals surface area contributed by atoms with Gasteiger partial charge in [0.05, 0.1) is 13.2 Å². The zero-order valence-corrected chi connectivity index (χ0v) is 9.90. The van der Waals surface area contributed by atoms with Crippen LogP contribution in [0.25, 0.3) is 0 Å². The smallest absolute Gasteiger partial charge is 0.179 e. The van der Waals surface area contributed by atoms with Gasteiger partial charge in [-0.25, -0.2) is 4.39 Å². The number of rotatable bonds is 6. The molecule has 0 aliphatic carbocycles. The van der Waals surface area contributed by atoms with Crippen LogP contribution in [0.2, 0.25) is 0 Å². The van der Waals surface area contributed by atoms with Crippen LogP contribution in [0.3, 0.4) is 0 Å². The molecule has 4 nitrogen and oxygen atoms in total. The number of benzene rings is 1. The Bertz CT molecular complexity index is 395. The summed E-state index contributed by atoms with van der Waals surface area (Å²) in [6, 6.07) is 3.36. The van der Waals surface area contributed by atoms with Gasteiger partial charge in [0.15, 0.2) is 17.3 Å². The molecule has 5 heteroatoms. The van der Waals surface area contributed by atoms with Gasteiger partial charge < -0.3 is 15.2 Å². The average Bonchev–Trinajstić information content (AvgIpc) is 2.34. The number of hydrogen-bond donors (Lipinski definition) is 1. The van der Waals surface area contributed by atoms with Crippen molar-refractivity contribution in [2.75, 3.05) is 20.8 Å². The summed E-state index contributed by atoms with van der Waals surface area (Å²) in [5, 5.41) is 0. The van der Waals surface area contributed by atoms with E-state index >= 15 is 0 Å². The minimum atomic E-state index is -0.678. The van der Waals surface area contributed by atoms with Crippen LogP contribution in [0.1, 0.15) is 16.8 Å². The molecule has 0 saturated heterocycles. The van der Waals surface area contributed by atoms with E-state index < -0.39 is 11.9 Å². The fraction of sp³-hybridized carbons (Fsp3) is 0.417. The van der Waals surface area contributed by atoms with Crippen molar-refractivity contribution in [1.29, 1.82) is 0 Å². The predicted octanol–water partition coefficient (Wildman–Crippen LogP) is 1.38. The Kier molecular flexibility index (Phi) is 5.06. The Morgan fingerprint density at radius 3 is 2.71 bits per heavy atom. The Labute approximate surface area is 99.5 Å². The first-order valence-electron chi connectivity index (χ1n) is 5.22. The molecule has 0 spiro atoms. The Morgan fingerprint density at radius 1 is 1.47 bits per heavy atom. The first kappa shape index (κ1) is 13.6. The maximum absolute atomic E-state index is 13.4. The summed E-state index contributed by atoms with van der Waals surface area (Å²) in [5.41, 5.74) is 5.92. The van der Waals surface area contributed by atoms with E-state index in [4.69, 9.17) is 15.2 Å². The number of nitrogens with two attached hydrogens (primary N) is 1. The Balaban J connectivity index is 2.78. The van der Waals surface area contributed by atoms with Crippen LogP contribution in [0.5, 0.6) is 5.75 Å². The van der Waals surface area contributed by atoms with Crippen LogP contribution in [0.15, 0.2) is 18.2 Å². The van der Waals surface area contributed by atoms with E-state index in [-0.39, 0.29) is 17.1 Å². The SMILES string of the molecule is COCCC(N)C(=O)c1ccc(OC)c(F)c1. The molecule has 1 atom stereocenters. The molecule has 0 radical (unpaired) electrons. The van der Waals surface area contributed by atoms with Crippen molar-refractivity contribution in [3.8, 4) is 5.75 Å². The monoisotopic (exact) mass is 241 g/mol. The number of halogens is 1. The summed E-state index contributed by atoms with van der Waals surface area (Å²) in [6.45, 7) is 0.394. The standard InChI is InChI=1S/C12H16FNO3/c1-16-6-5-10(14)12(15)8-3-4-11(17-2)9(13)7-8/h3-4,7,10H,5-6,14H2,1-2H3. The Hall–Kier alpha value is -1.46. The molecule has 0 aromatic heterocycles. The number of ether oxygens (including phenoxy) is 2. The molecule has 17 heavy (non-hydrogen) atoms. The van der Waals surface area contributed by atoms with E-state index in [2.05, 4.69) is 0 Å². The third kappa shape index (κ3) is 3.51. The van der Waals surface area contributed by atoms with Gasteiger partial charge in [-0.05, 0) is 24.6 Å². The Morgan fingerprint density at radius 2 is 2.18 bits per heavy atom. The summed E-state index contributed by atoms with van der Waals surface area (Å²) in [6.07, 6.45) is 0.406. The number of carbonyl (C=O) groups is 1. The van der Waals surface area contributed by atoms with Gasteiger partial charge in [0.25, 0.3) is 0 Å². The number of carbonyl (C=O) groups excluding carboxylic acids is 1. The molecule has 0 aliphatic heterocycles. The van der Waals surface area contributed by atoms with Gasteiger partial charge in [-0.1, -0.05) is 0 Å². The van der Waals surface area contributed by atoms with Gasteiger partial charge in [-0.2, -0.15) is 0 Å². The molecular formula is C12H16FNO3. The molecule has 1 unspecified atom stereocenters. The van der Waals surface area contributed by atoms with E-state index in [0.717, 1.165) is 6.07 Å². The molecule has 0 fully saturated rings. The zero-order chi connectivity index (χ0) is 12.8. The van der Waals surface area contributed by atoms with Crippen molar-refractivity contribution < 1.29 is 18.7 Å². The fourth-order valence-corrected chi connectivity index (χ4v) is 1.41. The molecule has 0 heterocycles. The molecule has 0 bridgehead atoms. The minimum Gasteiger partial charge on any atom is -0.494 e. The number of Topliss-reactive ketones (excluding diaryl/α,β-unsaturated/α-hetero) is 1. The second-order valence-corrected chi connectivity index (χ2v) is 3.60. The average molecular weight is 241 g/mol. The highest BCUT2D eigenvalue weighted by molar-refractivity contribution is 6.00. The topological polar surface area (TPSA) is 61.5 Å². The summed E-state index contributed by atoms with van der Waals surface area (Å²) < 4.78 is 23.0. The summed E-state index contributed by atoms with van der Waals surface area (Å²) in [4.78, 5) is 11.8. The first-order chi connectivity index (χ1) is 8.10. The van der Waals surface area contributed by atoms with Crippen molar-refractivity contribution >= 4 is 5.78 Å². The van der Waals surface area contributed by atoms with Crippen LogP contribution >= 0.6 is 0 Å². The van der Waals surface area contributed by atoms with Crippen LogP contribution in [-0.2, 0) is 4.74 Å². The second-order valence-electron chi connectivity index (χ2n) is 3.60. The number of methoxy groups -OCH3 is 2. The molecule has 0 amide bonds. The highest BCUT2D eigenvalue weighted by Crippen LogP contribution is 2.18. The lowest BCUT2D eigenvalue weighted by Crippen LogP contribution is -2.31. The minimum absolute atomic E-state index is 0.104. The number of ketones is 1. The molecule has 1 aromatic rings. The van der Waals surface area contributed by atoms with Crippen molar-refractivity contribution in [2.24, 2.45) is 5.73 Å².